The van der Waals surface area contributed by atoms with Crippen molar-refractivity contribution in [2.45, 2.75) is 18.7 Å². The Morgan fingerprint density at radius 2 is 2.24 bits per heavy atom. The second kappa shape index (κ2) is 6.12. The van der Waals surface area contributed by atoms with E-state index in [4.69, 9.17) is 23.2 Å². The van der Waals surface area contributed by atoms with Crippen LogP contribution in [0.3, 0.4) is 0 Å². The number of methoxy groups -OCH3 is 1. The Bertz CT molecular complexity index is 427. The third kappa shape index (κ3) is 3.51. The van der Waals surface area contributed by atoms with Crippen molar-refractivity contribution in [2.75, 3.05) is 7.11 Å². The molecule has 7 heteroatoms. The molecule has 0 saturated heterocycles. The van der Waals surface area contributed by atoms with Crippen LogP contribution in [0.1, 0.15) is 23.4 Å². The number of aromatic nitrogens is 1. The Labute approximate surface area is 107 Å². The fourth-order valence-corrected chi connectivity index (χ4v) is 1.60. The lowest BCUT2D eigenvalue weighted by Crippen LogP contribution is -2.09. The van der Waals surface area contributed by atoms with E-state index in [-0.39, 0.29) is 34.3 Å². The van der Waals surface area contributed by atoms with Crippen molar-refractivity contribution < 1.29 is 18.3 Å². The fraction of sp³-hybridized carbons (Fsp3) is 0.400. The highest BCUT2D eigenvalue weighted by Gasteiger charge is 2.19. The lowest BCUT2D eigenvalue weighted by atomic mass is 10.1. The first kappa shape index (κ1) is 14.1. The van der Waals surface area contributed by atoms with Crippen LogP contribution in [-0.4, -0.2) is 18.1 Å². The maximum absolute atomic E-state index is 12.7. The smallest absolute Gasteiger partial charge is 0.311 e. The molecule has 0 aliphatic heterocycles. The Hall–Kier alpha value is -0.940. The molecule has 1 heterocycles. The van der Waals surface area contributed by atoms with Gasteiger partial charge in [0, 0.05) is 5.56 Å². The molecule has 3 nitrogen and oxygen atoms in total. The number of hydrogen-bond donors (Lipinski definition) is 0. The lowest BCUT2D eigenvalue weighted by Gasteiger charge is -2.09. The minimum absolute atomic E-state index is 0.0366. The van der Waals surface area contributed by atoms with E-state index in [0.29, 0.717) is 0 Å². The number of alkyl halides is 3. The maximum atomic E-state index is 12.7. The first-order valence-electron chi connectivity index (χ1n) is 4.58. The van der Waals surface area contributed by atoms with E-state index in [1.54, 1.807) is 0 Å². The van der Waals surface area contributed by atoms with E-state index < -0.39 is 12.4 Å². The summed E-state index contributed by atoms with van der Waals surface area (Å²) >= 11 is 11.3. The normalized spacial score (nSPS) is 10.7. The van der Waals surface area contributed by atoms with E-state index in [0.717, 1.165) is 6.07 Å². The number of nitrogens with zero attached hydrogens (tertiary/aromatic N) is 1. The number of rotatable bonds is 4. The van der Waals surface area contributed by atoms with Gasteiger partial charge in [-0.1, -0.05) is 11.6 Å². The van der Waals surface area contributed by atoms with Crippen LogP contribution in [0.2, 0.25) is 5.02 Å². The molecule has 0 fully saturated rings. The van der Waals surface area contributed by atoms with Crippen LogP contribution in [0, 0.1) is 0 Å². The molecule has 1 aromatic rings. The van der Waals surface area contributed by atoms with Gasteiger partial charge >= 0.3 is 5.97 Å². The number of carbonyl (C=O) groups is 1. The van der Waals surface area contributed by atoms with Gasteiger partial charge in [-0.15, -0.1) is 11.6 Å². The van der Waals surface area contributed by atoms with Gasteiger partial charge in [0.1, 0.15) is 0 Å². The molecule has 0 bridgehead atoms. The van der Waals surface area contributed by atoms with Gasteiger partial charge in [-0.2, -0.15) is 0 Å². The Kier molecular flexibility index (Phi) is 5.08. The first-order chi connectivity index (χ1) is 7.99. The quantitative estimate of drug-likeness (QED) is 0.630. The summed E-state index contributed by atoms with van der Waals surface area (Å²) in [5.74, 6) is -0.642. The van der Waals surface area contributed by atoms with Gasteiger partial charge in [0.05, 0.1) is 35.8 Å². The maximum Gasteiger partial charge on any atom is 0.311 e. The molecule has 0 atom stereocenters. The van der Waals surface area contributed by atoms with Gasteiger partial charge in [0.15, 0.2) is 0 Å². The van der Waals surface area contributed by atoms with Crippen molar-refractivity contribution in [3.63, 3.8) is 0 Å². The highest BCUT2D eigenvalue weighted by molar-refractivity contribution is 6.32. The van der Waals surface area contributed by atoms with E-state index in [9.17, 15) is 13.6 Å². The first-order valence-corrected chi connectivity index (χ1v) is 5.50. The van der Waals surface area contributed by atoms with Gasteiger partial charge in [-0.25, -0.2) is 8.78 Å². The summed E-state index contributed by atoms with van der Waals surface area (Å²) in [6.07, 6.45) is -3.01. The van der Waals surface area contributed by atoms with Crippen molar-refractivity contribution in [2.24, 2.45) is 0 Å². The van der Waals surface area contributed by atoms with Crippen LogP contribution in [0.25, 0.3) is 0 Å². The summed E-state index contributed by atoms with van der Waals surface area (Å²) in [6, 6.07) is 1.13. The molecule has 0 radical (unpaired) electrons. The predicted octanol–water partition coefficient (Wildman–Crippen LogP) is 3.13. The third-order valence-corrected chi connectivity index (χ3v) is 2.73. The van der Waals surface area contributed by atoms with Crippen LogP contribution in [0.15, 0.2) is 6.07 Å². The number of carbonyl (C=O) groups excluding carboxylic acids is 1. The number of hydrogen-bond acceptors (Lipinski definition) is 3. The fourth-order valence-electron chi connectivity index (χ4n) is 1.22. The zero-order valence-corrected chi connectivity index (χ0v) is 10.4. The average Bonchev–Trinajstić information content (AvgIpc) is 2.31. The summed E-state index contributed by atoms with van der Waals surface area (Å²) < 4.78 is 29.8. The summed E-state index contributed by atoms with van der Waals surface area (Å²) in [4.78, 5) is 15.0. The van der Waals surface area contributed by atoms with Crippen molar-refractivity contribution in [3.05, 3.63) is 28.0 Å². The standard InChI is InChI=1S/C10H9Cl2F2NO2/c1-17-8(16)3-7-9(12)6(10(13)14)2-5(4-11)15-7/h2,10H,3-4H2,1H3. The van der Waals surface area contributed by atoms with Crippen molar-refractivity contribution in [3.8, 4) is 0 Å². The molecule has 17 heavy (non-hydrogen) atoms. The molecular weight excluding hydrogens is 275 g/mol. The third-order valence-electron chi connectivity index (χ3n) is 2.02. The summed E-state index contributed by atoms with van der Waals surface area (Å²) in [5.41, 5.74) is -0.0894. The second-order valence-corrected chi connectivity index (χ2v) is 3.80. The highest BCUT2D eigenvalue weighted by atomic mass is 35.5. The molecule has 0 aromatic carbocycles. The van der Waals surface area contributed by atoms with Crippen LogP contribution in [0.5, 0.6) is 0 Å². The Morgan fingerprint density at radius 3 is 2.71 bits per heavy atom. The molecule has 1 aromatic heterocycles. The highest BCUT2D eigenvalue weighted by Crippen LogP contribution is 2.30. The van der Waals surface area contributed by atoms with E-state index in [1.165, 1.54) is 7.11 Å². The predicted molar refractivity (Wildman–Crippen MR) is 59.5 cm³/mol. The minimum Gasteiger partial charge on any atom is -0.469 e. The van der Waals surface area contributed by atoms with E-state index >= 15 is 0 Å². The molecule has 0 saturated carbocycles. The van der Waals surface area contributed by atoms with Crippen molar-refractivity contribution in [1.29, 1.82) is 0 Å². The molecule has 0 N–H and O–H groups in total. The number of ether oxygens (including phenoxy) is 1. The largest absolute Gasteiger partial charge is 0.469 e. The van der Waals surface area contributed by atoms with Crippen LogP contribution >= 0.6 is 23.2 Å². The number of pyridine rings is 1. The number of esters is 1. The number of halogens is 4. The van der Waals surface area contributed by atoms with Crippen molar-refractivity contribution in [1.82, 2.24) is 4.98 Å². The van der Waals surface area contributed by atoms with Gasteiger partial charge in [-0.05, 0) is 6.07 Å². The zero-order chi connectivity index (χ0) is 13.0. The molecule has 0 spiro atoms. The molecule has 0 amide bonds. The molecule has 0 aliphatic rings. The van der Waals surface area contributed by atoms with Gasteiger partial charge in [-0.3, -0.25) is 9.78 Å². The molecule has 0 unspecified atom stereocenters. The molecule has 1 rings (SSSR count). The average molecular weight is 284 g/mol. The monoisotopic (exact) mass is 283 g/mol. The zero-order valence-electron chi connectivity index (χ0n) is 8.84. The second-order valence-electron chi connectivity index (χ2n) is 3.15. The topological polar surface area (TPSA) is 39.2 Å². The lowest BCUT2D eigenvalue weighted by molar-refractivity contribution is -0.139. The SMILES string of the molecule is COC(=O)Cc1nc(CCl)cc(C(F)F)c1Cl. The minimum atomic E-state index is -2.75. The van der Waals surface area contributed by atoms with Crippen LogP contribution in [-0.2, 0) is 21.8 Å². The van der Waals surface area contributed by atoms with E-state index in [2.05, 4.69) is 9.72 Å². The van der Waals surface area contributed by atoms with E-state index in [1.807, 2.05) is 0 Å². The van der Waals surface area contributed by atoms with Gasteiger partial charge in [0.25, 0.3) is 6.43 Å². The summed E-state index contributed by atoms with van der Waals surface area (Å²) in [7, 11) is 1.19. The molecule has 94 valence electrons. The molecular formula is C10H9Cl2F2NO2. The Balaban J connectivity index is 3.19. The van der Waals surface area contributed by atoms with Crippen LogP contribution < -0.4 is 0 Å². The summed E-state index contributed by atoms with van der Waals surface area (Å²) in [5, 5.41) is -0.223. The van der Waals surface area contributed by atoms with Gasteiger partial charge < -0.3 is 4.74 Å². The summed E-state index contributed by atoms with van der Waals surface area (Å²) in [6.45, 7) is 0. The van der Waals surface area contributed by atoms with Crippen LogP contribution in [0.4, 0.5) is 8.78 Å². The van der Waals surface area contributed by atoms with Gasteiger partial charge in [0.2, 0.25) is 0 Å². The van der Waals surface area contributed by atoms with Crippen molar-refractivity contribution >= 4 is 29.2 Å². The molecule has 0 aliphatic carbocycles. The Morgan fingerprint density at radius 1 is 1.59 bits per heavy atom.